The maximum Gasteiger partial charge on any atom is 0.309 e. The molecule has 0 radical (unpaired) electrons. The Labute approximate surface area is 115 Å². The Morgan fingerprint density at radius 1 is 0.900 bits per heavy atom. The highest BCUT2D eigenvalue weighted by molar-refractivity contribution is 5.77. The number of rotatable bonds is 3. The van der Waals surface area contributed by atoms with Gasteiger partial charge in [-0.25, -0.2) is 0 Å². The van der Waals surface area contributed by atoms with Crippen LogP contribution < -0.4 is 0 Å². The van der Waals surface area contributed by atoms with E-state index in [2.05, 4.69) is 0 Å². The predicted molar refractivity (Wildman–Crippen MR) is 62.3 cm³/mol. The molecule has 0 aromatic rings. The maximum atomic E-state index is 11.7. The highest BCUT2D eigenvalue weighted by atomic mass is 16.7. The topological polar surface area (TPSA) is 91.4 Å². The average molecular weight is 284 g/mol. The van der Waals surface area contributed by atoms with E-state index in [1.807, 2.05) is 0 Å². The van der Waals surface area contributed by atoms with Crippen molar-refractivity contribution in [2.45, 2.75) is 38.3 Å². The Hall–Kier alpha value is -1.63. The first-order valence-electron chi connectivity index (χ1n) is 6.53. The van der Waals surface area contributed by atoms with E-state index < -0.39 is 24.1 Å². The number of hydrogen-bond donors (Lipinski definition) is 0. The number of carbonyl (C=O) groups excluding carboxylic acids is 3. The second kappa shape index (κ2) is 4.44. The van der Waals surface area contributed by atoms with E-state index in [9.17, 15) is 14.4 Å². The summed E-state index contributed by atoms with van der Waals surface area (Å²) in [6.07, 6.45) is -1.69. The van der Waals surface area contributed by atoms with Gasteiger partial charge in [-0.3, -0.25) is 14.4 Å². The molecule has 0 amide bonds. The normalized spacial score (nSPS) is 43.6. The summed E-state index contributed by atoms with van der Waals surface area (Å²) in [6, 6.07) is 0. The molecule has 0 N–H and O–H groups in total. The Kier molecular flexibility index (Phi) is 2.97. The molecule has 0 unspecified atom stereocenters. The summed E-state index contributed by atoms with van der Waals surface area (Å²) < 4.78 is 20.8. The smallest absolute Gasteiger partial charge is 0.309 e. The fraction of sp³-hybridized carbons (Fsp3) is 0.769. The van der Waals surface area contributed by atoms with Crippen LogP contribution in [0, 0.1) is 17.8 Å². The predicted octanol–water partition coefficient (Wildman–Crippen LogP) is -0.334. The molecule has 1 aliphatic heterocycles. The molecule has 2 saturated carbocycles. The summed E-state index contributed by atoms with van der Waals surface area (Å²) >= 11 is 0. The van der Waals surface area contributed by atoms with Crippen molar-refractivity contribution in [1.82, 2.24) is 0 Å². The molecule has 1 saturated heterocycles. The molecule has 110 valence electrons. The molecule has 0 aromatic carbocycles. The third-order valence-electron chi connectivity index (χ3n) is 4.18. The molecule has 3 aliphatic rings. The summed E-state index contributed by atoms with van der Waals surface area (Å²) in [4.78, 5) is 34.2. The van der Waals surface area contributed by atoms with Crippen LogP contribution >= 0.6 is 0 Å². The van der Waals surface area contributed by atoms with Crippen LogP contribution in [-0.2, 0) is 33.3 Å². The minimum atomic E-state index is -0.644. The first-order valence-corrected chi connectivity index (χ1v) is 6.53. The van der Waals surface area contributed by atoms with E-state index in [1.54, 1.807) is 0 Å². The van der Waals surface area contributed by atoms with Crippen molar-refractivity contribution in [3.8, 4) is 0 Å². The van der Waals surface area contributed by atoms with Crippen LogP contribution in [0.3, 0.4) is 0 Å². The minimum absolute atomic E-state index is 0.0105. The summed E-state index contributed by atoms with van der Waals surface area (Å²) in [5.41, 5.74) is 0. The van der Waals surface area contributed by atoms with Crippen molar-refractivity contribution in [3.05, 3.63) is 0 Å². The number of fused-ring (bicyclic) bond motifs is 3. The van der Waals surface area contributed by atoms with Crippen molar-refractivity contribution < 1.29 is 33.3 Å². The lowest BCUT2D eigenvalue weighted by atomic mass is 9.94. The fourth-order valence-electron chi connectivity index (χ4n) is 3.44. The molecule has 3 fully saturated rings. The van der Waals surface area contributed by atoms with Crippen LogP contribution in [0.25, 0.3) is 0 Å². The molecule has 0 bridgehead atoms. The van der Waals surface area contributed by atoms with Gasteiger partial charge in [0.05, 0.1) is 19.1 Å². The van der Waals surface area contributed by atoms with Crippen LogP contribution in [0.1, 0.15) is 13.8 Å². The lowest BCUT2D eigenvalue weighted by Gasteiger charge is -2.27. The zero-order valence-corrected chi connectivity index (χ0v) is 11.4. The van der Waals surface area contributed by atoms with Crippen LogP contribution in [0.4, 0.5) is 0 Å². The molecule has 7 heteroatoms. The van der Waals surface area contributed by atoms with Gasteiger partial charge in [-0.15, -0.1) is 0 Å². The van der Waals surface area contributed by atoms with Gasteiger partial charge < -0.3 is 18.9 Å². The van der Waals surface area contributed by atoms with Gasteiger partial charge in [-0.2, -0.15) is 0 Å². The second-order valence-corrected chi connectivity index (χ2v) is 5.42. The highest BCUT2D eigenvalue weighted by Gasteiger charge is 2.77. The quantitative estimate of drug-likeness (QED) is 0.398. The molecule has 1 heterocycles. The number of esters is 3. The standard InChI is InChI=1S/C13H16O7/c1-4(14)18-9-6-7(8(6)13(16)17-3)10-12(20-10)11(9)19-5(2)15/h6-12H,1-3H3/t6-,7+,8+,9+,10+,11-,12+/m1/s1. The molecule has 7 nitrogen and oxygen atoms in total. The average Bonchev–Trinajstić information content (AvgIpc) is 3.20. The van der Waals surface area contributed by atoms with Gasteiger partial charge in [0.25, 0.3) is 0 Å². The fourth-order valence-corrected chi connectivity index (χ4v) is 3.44. The van der Waals surface area contributed by atoms with Crippen LogP contribution in [0.15, 0.2) is 0 Å². The zero-order chi connectivity index (χ0) is 14.6. The number of epoxide rings is 1. The van der Waals surface area contributed by atoms with Gasteiger partial charge in [-0.1, -0.05) is 0 Å². The molecule has 2 aliphatic carbocycles. The lowest BCUT2D eigenvalue weighted by Crippen LogP contribution is -2.44. The van der Waals surface area contributed by atoms with Crippen molar-refractivity contribution in [3.63, 3.8) is 0 Å². The molecule has 0 aromatic heterocycles. The number of carbonyl (C=O) groups is 3. The summed E-state index contributed by atoms with van der Waals surface area (Å²) in [7, 11) is 1.32. The van der Waals surface area contributed by atoms with Crippen molar-refractivity contribution >= 4 is 17.9 Å². The van der Waals surface area contributed by atoms with Crippen LogP contribution in [0.2, 0.25) is 0 Å². The van der Waals surface area contributed by atoms with Gasteiger partial charge >= 0.3 is 17.9 Å². The Morgan fingerprint density at radius 2 is 1.50 bits per heavy atom. The Balaban J connectivity index is 1.82. The summed E-state index contributed by atoms with van der Waals surface area (Å²) in [5.74, 6) is -1.83. The van der Waals surface area contributed by atoms with Gasteiger partial charge in [0, 0.05) is 25.7 Å². The van der Waals surface area contributed by atoms with Crippen LogP contribution in [0.5, 0.6) is 0 Å². The van der Waals surface area contributed by atoms with E-state index in [0.717, 1.165) is 0 Å². The monoisotopic (exact) mass is 284 g/mol. The van der Waals surface area contributed by atoms with Gasteiger partial charge in [-0.05, 0) is 0 Å². The molecule has 0 spiro atoms. The van der Waals surface area contributed by atoms with Crippen molar-refractivity contribution in [1.29, 1.82) is 0 Å². The summed E-state index contributed by atoms with van der Waals surface area (Å²) in [6.45, 7) is 2.58. The second-order valence-electron chi connectivity index (χ2n) is 5.42. The van der Waals surface area contributed by atoms with Crippen LogP contribution in [-0.4, -0.2) is 49.4 Å². The van der Waals surface area contributed by atoms with E-state index in [0.29, 0.717) is 0 Å². The first kappa shape index (κ1) is 13.4. The number of ether oxygens (including phenoxy) is 4. The van der Waals surface area contributed by atoms with E-state index in [4.69, 9.17) is 18.9 Å². The third kappa shape index (κ3) is 1.96. The number of methoxy groups -OCH3 is 1. The van der Waals surface area contributed by atoms with Gasteiger partial charge in [0.1, 0.15) is 12.2 Å². The van der Waals surface area contributed by atoms with Crippen molar-refractivity contribution in [2.24, 2.45) is 17.8 Å². The number of hydrogen-bond acceptors (Lipinski definition) is 7. The third-order valence-corrected chi connectivity index (χ3v) is 4.18. The van der Waals surface area contributed by atoms with E-state index in [-0.39, 0.29) is 35.9 Å². The largest absolute Gasteiger partial charge is 0.469 e. The SMILES string of the molecule is COC(=O)[C@@H]1[C@H]2[C@@H]3O[C@@H]3[C@H](OC(C)=O)[C@@H](OC(C)=O)[C@@H]12. The summed E-state index contributed by atoms with van der Waals surface area (Å²) in [5, 5.41) is 0. The zero-order valence-electron chi connectivity index (χ0n) is 11.4. The van der Waals surface area contributed by atoms with E-state index in [1.165, 1.54) is 21.0 Å². The van der Waals surface area contributed by atoms with Gasteiger partial charge in [0.15, 0.2) is 6.10 Å². The van der Waals surface area contributed by atoms with Gasteiger partial charge in [0.2, 0.25) is 0 Å². The molecular formula is C13H16O7. The first-order chi connectivity index (χ1) is 9.45. The minimum Gasteiger partial charge on any atom is -0.469 e. The lowest BCUT2D eigenvalue weighted by molar-refractivity contribution is -0.170. The van der Waals surface area contributed by atoms with Crippen molar-refractivity contribution in [2.75, 3.05) is 7.11 Å². The molecule has 20 heavy (non-hydrogen) atoms. The highest BCUT2D eigenvalue weighted by Crippen LogP contribution is 2.63. The molecule has 7 atom stereocenters. The Morgan fingerprint density at radius 3 is 2.05 bits per heavy atom. The molecular weight excluding hydrogens is 268 g/mol. The Bertz CT molecular complexity index is 473. The molecule has 3 rings (SSSR count). The maximum absolute atomic E-state index is 11.7. The van der Waals surface area contributed by atoms with E-state index >= 15 is 0 Å².